The summed E-state index contributed by atoms with van der Waals surface area (Å²) in [5.41, 5.74) is 1.04. The van der Waals surface area contributed by atoms with Crippen molar-refractivity contribution in [3.63, 3.8) is 0 Å². The highest BCUT2D eigenvalue weighted by atomic mass is 32.2. The first-order valence-electron chi connectivity index (χ1n) is 6.14. The fourth-order valence-electron chi connectivity index (χ4n) is 1.65. The molecule has 0 unspecified atom stereocenters. The molecule has 0 spiro atoms. The molecule has 7 nitrogen and oxygen atoms in total. The lowest BCUT2D eigenvalue weighted by molar-refractivity contribution is 0.560. The lowest BCUT2D eigenvalue weighted by Crippen LogP contribution is -2.27. The lowest BCUT2D eigenvalue weighted by Gasteiger charge is -2.07. The summed E-state index contributed by atoms with van der Waals surface area (Å²) in [4.78, 5) is 4.13. The Labute approximate surface area is 118 Å². The molecule has 0 saturated heterocycles. The topological polar surface area (TPSA) is 88.9 Å². The number of aromatic nitrogens is 3. The van der Waals surface area contributed by atoms with Crippen LogP contribution in [0.15, 0.2) is 35.6 Å². The predicted octanol–water partition coefficient (Wildman–Crippen LogP) is 0.607. The van der Waals surface area contributed by atoms with Gasteiger partial charge in [0.1, 0.15) is 10.7 Å². The molecule has 108 valence electrons. The minimum atomic E-state index is -3.53. The number of sulfonamides is 1. The van der Waals surface area contributed by atoms with Crippen molar-refractivity contribution < 1.29 is 8.42 Å². The van der Waals surface area contributed by atoms with Crippen LogP contribution in [-0.2, 0) is 16.6 Å². The van der Waals surface area contributed by atoms with Gasteiger partial charge in [-0.25, -0.2) is 18.1 Å². The second kappa shape index (κ2) is 6.02. The van der Waals surface area contributed by atoms with Gasteiger partial charge in [-0.2, -0.15) is 5.10 Å². The summed E-state index contributed by atoms with van der Waals surface area (Å²) in [6, 6.07) is 3.13. The molecule has 0 radical (unpaired) electrons. The molecule has 0 aliphatic carbocycles. The predicted molar refractivity (Wildman–Crippen MR) is 75.9 cm³/mol. The SMILES string of the molecule is CNc1ccc(S(=O)(=O)NCCn2cc(C)cn2)cn1. The standard InChI is InChI=1S/C12H17N5O2S/c1-10-7-15-17(9-10)6-5-16-20(18,19)11-3-4-12(13-2)14-8-11/h3-4,7-9,16H,5-6H2,1-2H3,(H,13,14). The Morgan fingerprint density at radius 1 is 1.30 bits per heavy atom. The van der Waals surface area contributed by atoms with E-state index in [1.165, 1.54) is 12.3 Å². The van der Waals surface area contributed by atoms with Crippen LogP contribution >= 0.6 is 0 Å². The zero-order valence-corrected chi connectivity index (χ0v) is 12.2. The minimum Gasteiger partial charge on any atom is -0.373 e. The van der Waals surface area contributed by atoms with Crippen LogP contribution in [0.25, 0.3) is 0 Å². The normalized spacial score (nSPS) is 11.5. The van der Waals surface area contributed by atoms with Gasteiger partial charge in [0, 0.05) is 26.0 Å². The van der Waals surface area contributed by atoms with Crippen molar-refractivity contribution in [3.8, 4) is 0 Å². The molecule has 8 heteroatoms. The molecule has 0 aliphatic rings. The van der Waals surface area contributed by atoms with E-state index in [4.69, 9.17) is 0 Å². The van der Waals surface area contributed by atoms with Crippen LogP contribution in [0.2, 0.25) is 0 Å². The smallest absolute Gasteiger partial charge is 0.242 e. The minimum absolute atomic E-state index is 0.146. The van der Waals surface area contributed by atoms with Crippen molar-refractivity contribution in [2.45, 2.75) is 18.4 Å². The fraction of sp³-hybridized carbons (Fsp3) is 0.333. The van der Waals surface area contributed by atoms with Gasteiger partial charge in [-0.15, -0.1) is 0 Å². The number of aryl methyl sites for hydroxylation is 1. The Balaban J connectivity index is 1.96. The van der Waals surface area contributed by atoms with Gasteiger partial charge in [0.2, 0.25) is 10.0 Å². The van der Waals surface area contributed by atoms with Gasteiger partial charge in [-0.05, 0) is 24.6 Å². The third-order valence-electron chi connectivity index (χ3n) is 2.70. The molecular weight excluding hydrogens is 278 g/mol. The Hall–Kier alpha value is -1.93. The molecular formula is C12H17N5O2S. The van der Waals surface area contributed by atoms with Gasteiger partial charge in [0.25, 0.3) is 0 Å². The molecule has 2 rings (SSSR count). The first-order chi connectivity index (χ1) is 9.51. The Bertz CT molecular complexity index is 663. The van der Waals surface area contributed by atoms with Crippen LogP contribution in [0, 0.1) is 6.92 Å². The van der Waals surface area contributed by atoms with Crippen LogP contribution in [0.4, 0.5) is 5.82 Å². The molecule has 0 aliphatic heterocycles. The molecule has 2 aromatic heterocycles. The third-order valence-corrected chi connectivity index (χ3v) is 4.14. The third kappa shape index (κ3) is 3.55. The molecule has 0 atom stereocenters. The molecule has 2 aromatic rings. The average Bonchev–Trinajstić information content (AvgIpc) is 2.84. The summed E-state index contributed by atoms with van der Waals surface area (Å²) in [6.45, 7) is 2.69. The zero-order chi connectivity index (χ0) is 14.6. The maximum absolute atomic E-state index is 12.0. The van der Waals surface area contributed by atoms with Crippen LogP contribution in [0.1, 0.15) is 5.56 Å². The number of rotatable bonds is 6. The summed E-state index contributed by atoms with van der Waals surface area (Å²) >= 11 is 0. The van der Waals surface area contributed by atoms with Gasteiger partial charge in [0.05, 0.1) is 12.7 Å². The number of anilines is 1. The molecule has 0 bridgehead atoms. The van der Waals surface area contributed by atoms with Crippen LogP contribution in [0.3, 0.4) is 0 Å². The van der Waals surface area contributed by atoms with Gasteiger partial charge in [-0.1, -0.05) is 0 Å². The molecule has 0 amide bonds. The highest BCUT2D eigenvalue weighted by molar-refractivity contribution is 7.89. The second-order valence-electron chi connectivity index (χ2n) is 4.31. The fourth-order valence-corrected chi connectivity index (χ4v) is 2.62. The quantitative estimate of drug-likeness (QED) is 0.815. The monoisotopic (exact) mass is 295 g/mol. The first-order valence-corrected chi connectivity index (χ1v) is 7.62. The first kappa shape index (κ1) is 14.5. The van der Waals surface area contributed by atoms with Crippen LogP contribution in [0.5, 0.6) is 0 Å². The van der Waals surface area contributed by atoms with E-state index in [0.717, 1.165) is 5.56 Å². The average molecular weight is 295 g/mol. The van der Waals surface area contributed by atoms with E-state index in [1.807, 2.05) is 13.1 Å². The molecule has 2 N–H and O–H groups in total. The van der Waals surface area contributed by atoms with Gasteiger partial charge in [0.15, 0.2) is 0 Å². The summed E-state index contributed by atoms with van der Waals surface area (Å²) in [7, 11) is -1.81. The molecule has 20 heavy (non-hydrogen) atoms. The van der Waals surface area contributed by atoms with Crippen LogP contribution < -0.4 is 10.0 Å². The summed E-state index contributed by atoms with van der Waals surface area (Å²) in [6.07, 6.45) is 4.92. The lowest BCUT2D eigenvalue weighted by atomic mass is 10.4. The highest BCUT2D eigenvalue weighted by Gasteiger charge is 2.13. The van der Waals surface area contributed by atoms with Crippen molar-refractivity contribution in [2.75, 3.05) is 18.9 Å². The second-order valence-corrected chi connectivity index (χ2v) is 6.07. The van der Waals surface area contributed by atoms with Gasteiger partial charge < -0.3 is 5.32 Å². The number of hydrogen-bond acceptors (Lipinski definition) is 5. The summed E-state index contributed by atoms with van der Waals surface area (Å²) in [5.74, 6) is 0.621. The Morgan fingerprint density at radius 2 is 2.10 bits per heavy atom. The van der Waals surface area contributed by atoms with Crippen LogP contribution in [-0.4, -0.2) is 36.8 Å². The maximum atomic E-state index is 12.0. The summed E-state index contributed by atoms with van der Waals surface area (Å²) < 4.78 is 28.3. The Kier molecular flexibility index (Phi) is 4.35. The van der Waals surface area contributed by atoms with E-state index in [0.29, 0.717) is 12.4 Å². The van der Waals surface area contributed by atoms with Crippen molar-refractivity contribution in [1.29, 1.82) is 0 Å². The van der Waals surface area contributed by atoms with Crippen molar-refractivity contribution >= 4 is 15.8 Å². The van der Waals surface area contributed by atoms with Crippen molar-refractivity contribution in [3.05, 3.63) is 36.3 Å². The van der Waals surface area contributed by atoms with Crippen molar-refractivity contribution in [1.82, 2.24) is 19.5 Å². The maximum Gasteiger partial charge on any atom is 0.242 e. The van der Waals surface area contributed by atoms with E-state index in [1.54, 1.807) is 24.0 Å². The summed E-state index contributed by atoms with van der Waals surface area (Å²) in [5, 5.41) is 6.93. The number of pyridine rings is 1. The molecule has 2 heterocycles. The van der Waals surface area contributed by atoms with E-state index < -0.39 is 10.0 Å². The molecule has 0 saturated carbocycles. The van der Waals surface area contributed by atoms with E-state index in [-0.39, 0.29) is 11.4 Å². The number of nitrogens with zero attached hydrogens (tertiary/aromatic N) is 3. The van der Waals surface area contributed by atoms with Gasteiger partial charge in [-0.3, -0.25) is 4.68 Å². The van der Waals surface area contributed by atoms with E-state index in [9.17, 15) is 8.42 Å². The largest absolute Gasteiger partial charge is 0.373 e. The number of hydrogen-bond donors (Lipinski definition) is 2. The Morgan fingerprint density at radius 3 is 2.65 bits per heavy atom. The van der Waals surface area contributed by atoms with Crippen molar-refractivity contribution in [2.24, 2.45) is 0 Å². The zero-order valence-electron chi connectivity index (χ0n) is 11.4. The van der Waals surface area contributed by atoms with E-state index >= 15 is 0 Å². The van der Waals surface area contributed by atoms with Gasteiger partial charge >= 0.3 is 0 Å². The van der Waals surface area contributed by atoms with E-state index in [2.05, 4.69) is 20.1 Å². The number of nitrogens with one attached hydrogen (secondary N) is 2. The molecule has 0 aromatic carbocycles. The molecule has 0 fully saturated rings. The highest BCUT2D eigenvalue weighted by Crippen LogP contribution is 2.09.